The van der Waals surface area contributed by atoms with Gasteiger partial charge in [-0.2, -0.15) is 0 Å². The van der Waals surface area contributed by atoms with Gasteiger partial charge in [0.05, 0.1) is 18.3 Å². The molecule has 0 aliphatic carbocycles. The molecule has 0 saturated heterocycles. The Morgan fingerprint density at radius 1 is 1.50 bits per heavy atom. The third kappa shape index (κ3) is 2.54. The van der Waals surface area contributed by atoms with E-state index in [9.17, 15) is 4.79 Å². The molecule has 0 aliphatic rings. The molecule has 16 heavy (non-hydrogen) atoms. The molecule has 82 valence electrons. The van der Waals surface area contributed by atoms with Gasteiger partial charge in [-0.1, -0.05) is 0 Å². The van der Waals surface area contributed by atoms with E-state index in [4.69, 9.17) is 5.11 Å². The number of nitrogens with zero attached hydrogens (tertiary/aromatic N) is 2. The maximum Gasteiger partial charge on any atom is 0.253 e. The zero-order chi connectivity index (χ0) is 11.4. The summed E-state index contributed by atoms with van der Waals surface area (Å²) in [6, 6.07) is 1.37. The molecule has 5 nitrogen and oxygen atoms in total. The molecule has 0 radical (unpaired) electrons. The number of hydrogen-bond donors (Lipinski definition) is 2. The Morgan fingerprint density at radius 3 is 3.06 bits per heavy atom. The number of rotatable bonds is 3. The van der Waals surface area contributed by atoms with Crippen molar-refractivity contribution in [3.8, 4) is 5.75 Å². The number of amides is 1. The maximum absolute atomic E-state index is 11.6. The fourth-order valence-corrected chi connectivity index (χ4v) is 1.71. The van der Waals surface area contributed by atoms with E-state index in [1.54, 1.807) is 6.20 Å². The summed E-state index contributed by atoms with van der Waals surface area (Å²) in [4.78, 5) is 19.4. The molecule has 0 aliphatic heterocycles. The van der Waals surface area contributed by atoms with Gasteiger partial charge in [-0.15, -0.1) is 11.3 Å². The second kappa shape index (κ2) is 4.71. The average Bonchev–Trinajstić information content (AvgIpc) is 2.78. The highest BCUT2D eigenvalue weighted by Crippen LogP contribution is 2.09. The van der Waals surface area contributed by atoms with E-state index in [1.165, 1.54) is 29.8 Å². The minimum absolute atomic E-state index is 0.0260. The molecule has 2 rings (SSSR count). The van der Waals surface area contributed by atoms with Crippen LogP contribution in [0.5, 0.6) is 5.75 Å². The fourth-order valence-electron chi connectivity index (χ4n) is 1.15. The summed E-state index contributed by atoms with van der Waals surface area (Å²) in [5, 5.41) is 14.5. The van der Waals surface area contributed by atoms with Crippen LogP contribution in [0, 0.1) is 0 Å². The van der Waals surface area contributed by atoms with Gasteiger partial charge in [0.25, 0.3) is 5.91 Å². The van der Waals surface area contributed by atoms with Crippen molar-refractivity contribution in [2.75, 3.05) is 0 Å². The van der Waals surface area contributed by atoms with Crippen LogP contribution in [0.4, 0.5) is 0 Å². The number of pyridine rings is 1. The van der Waals surface area contributed by atoms with E-state index in [0.29, 0.717) is 12.1 Å². The smallest absolute Gasteiger partial charge is 0.253 e. The van der Waals surface area contributed by atoms with Crippen LogP contribution in [0.25, 0.3) is 0 Å². The number of nitrogens with one attached hydrogen (secondary N) is 1. The van der Waals surface area contributed by atoms with Crippen LogP contribution >= 0.6 is 11.3 Å². The minimum Gasteiger partial charge on any atom is -0.506 e. The minimum atomic E-state index is -0.279. The fraction of sp³-hybridized carbons (Fsp3) is 0.100. The van der Waals surface area contributed by atoms with E-state index in [0.717, 1.165) is 5.01 Å². The summed E-state index contributed by atoms with van der Waals surface area (Å²) < 4.78 is 0. The predicted molar refractivity (Wildman–Crippen MR) is 59.2 cm³/mol. The molecule has 2 aromatic heterocycles. The highest BCUT2D eigenvalue weighted by atomic mass is 32.1. The normalized spacial score (nSPS) is 10.0. The molecule has 2 aromatic rings. The molecule has 2 heterocycles. The van der Waals surface area contributed by atoms with Crippen molar-refractivity contribution in [3.63, 3.8) is 0 Å². The number of carbonyl (C=O) groups is 1. The Kier molecular flexibility index (Phi) is 3.11. The lowest BCUT2D eigenvalue weighted by Crippen LogP contribution is -2.22. The third-order valence-corrected chi connectivity index (χ3v) is 2.65. The van der Waals surface area contributed by atoms with Gasteiger partial charge in [0.2, 0.25) is 0 Å². The van der Waals surface area contributed by atoms with Gasteiger partial charge in [-0.05, 0) is 6.07 Å². The molecular formula is C10H9N3O2S. The lowest BCUT2D eigenvalue weighted by molar-refractivity contribution is 0.0950. The zero-order valence-electron chi connectivity index (χ0n) is 8.25. The monoisotopic (exact) mass is 235 g/mol. The van der Waals surface area contributed by atoms with Crippen LogP contribution in [-0.2, 0) is 6.54 Å². The third-order valence-electron chi connectivity index (χ3n) is 1.87. The number of thiazole rings is 1. The summed E-state index contributed by atoms with van der Waals surface area (Å²) in [7, 11) is 0. The zero-order valence-corrected chi connectivity index (χ0v) is 9.07. The molecule has 0 unspecified atom stereocenters. The molecule has 2 N–H and O–H groups in total. The Labute approximate surface area is 95.8 Å². The number of aromatic hydroxyl groups is 1. The van der Waals surface area contributed by atoms with Crippen molar-refractivity contribution in [1.82, 2.24) is 15.3 Å². The molecule has 0 atom stereocenters. The van der Waals surface area contributed by atoms with Crippen molar-refractivity contribution in [2.24, 2.45) is 0 Å². The van der Waals surface area contributed by atoms with Crippen LogP contribution in [0.1, 0.15) is 15.4 Å². The highest BCUT2D eigenvalue weighted by molar-refractivity contribution is 7.09. The van der Waals surface area contributed by atoms with Crippen LogP contribution in [0.3, 0.4) is 0 Å². The predicted octanol–water partition coefficient (Wildman–Crippen LogP) is 1.17. The second-order valence-electron chi connectivity index (χ2n) is 3.04. The summed E-state index contributed by atoms with van der Waals surface area (Å²) in [5.74, 6) is -0.305. The largest absolute Gasteiger partial charge is 0.506 e. The molecule has 0 spiro atoms. The van der Waals surface area contributed by atoms with E-state index < -0.39 is 0 Å². The Balaban J connectivity index is 1.98. The lowest BCUT2D eigenvalue weighted by atomic mass is 10.2. The quantitative estimate of drug-likeness (QED) is 0.837. The standard InChI is InChI=1S/C10H9N3O2S/c14-8-3-7(4-11-5-8)10(15)13-6-9-12-1-2-16-9/h1-5,14H,6H2,(H,13,15). The molecule has 1 amide bonds. The van der Waals surface area contributed by atoms with Crippen LogP contribution in [0.2, 0.25) is 0 Å². The number of hydrogen-bond acceptors (Lipinski definition) is 5. The summed E-state index contributed by atoms with van der Waals surface area (Å²) in [5.41, 5.74) is 0.330. The van der Waals surface area contributed by atoms with Gasteiger partial charge in [-0.3, -0.25) is 9.78 Å². The SMILES string of the molecule is O=C(NCc1nccs1)c1cncc(O)c1. The Hall–Kier alpha value is -1.95. The van der Waals surface area contributed by atoms with Crippen LogP contribution in [0.15, 0.2) is 30.0 Å². The van der Waals surface area contributed by atoms with E-state index in [1.807, 2.05) is 5.38 Å². The van der Waals surface area contributed by atoms with Crippen molar-refractivity contribution < 1.29 is 9.90 Å². The van der Waals surface area contributed by atoms with Crippen LogP contribution < -0.4 is 5.32 Å². The lowest BCUT2D eigenvalue weighted by Gasteiger charge is -2.02. The topological polar surface area (TPSA) is 75.1 Å². The van der Waals surface area contributed by atoms with Crippen LogP contribution in [-0.4, -0.2) is 21.0 Å². The van der Waals surface area contributed by atoms with Crippen molar-refractivity contribution in [3.05, 3.63) is 40.6 Å². The van der Waals surface area contributed by atoms with Crippen molar-refractivity contribution in [2.45, 2.75) is 6.54 Å². The van der Waals surface area contributed by atoms with Crippen molar-refractivity contribution in [1.29, 1.82) is 0 Å². The first kappa shape index (κ1) is 10.6. The van der Waals surface area contributed by atoms with Gasteiger partial charge in [0.1, 0.15) is 10.8 Å². The Bertz CT molecular complexity index is 485. The summed E-state index contributed by atoms with van der Waals surface area (Å²) in [6.07, 6.45) is 4.36. The van der Waals surface area contributed by atoms with E-state index >= 15 is 0 Å². The van der Waals surface area contributed by atoms with E-state index in [2.05, 4.69) is 15.3 Å². The molecular weight excluding hydrogens is 226 g/mol. The molecule has 0 aromatic carbocycles. The van der Waals surface area contributed by atoms with Gasteiger partial charge in [0.15, 0.2) is 0 Å². The first-order chi connectivity index (χ1) is 7.75. The molecule has 6 heteroatoms. The summed E-state index contributed by atoms with van der Waals surface area (Å²) in [6.45, 7) is 0.381. The first-order valence-corrected chi connectivity index (χ1v) is 5.44. The highest BCUT2D eigenvalue weighted by Gasteiger charge is 2.06. The number of carbonyl (C=O) groups excluding carboxylic acids is 1. The maximum atomic E-state index is 11.6. The van der Waals surface area contributed by atoms with Gasteiger partial charge < -0.3 is 10.4 Å². The van der Waals surface area contributed by atoms with Crippen molar-refractivity contribution >= 4 is 17.2 Å². The number of aromatic nitrogens is 2. The molecule has 0 bridgehead atoms. The van der Waals surface area contributed by atoms with Gasteiger partial charge in [0, 0.05) is 17.8 Å². The first-order valence-electron chi connectivity index (χ1n) is 4.56. The molecule has 0 fully saturated rings. The van der Waals surface area contributed by atoms with Gasteiger partial charge in [-0.25, -0.2) is 4.98 Å². The Morgan fingerprint density at radius 2 is 2.38 bits per heavy atom. The van der Waals surface area contributed by atoms with E-state index in [-0.39, 0.29) is 11.7 Å². The average molecular weight is 235 g/mol. The van der Waals surface area contributed by atoms with Gasteiger partial charge >= 0.3 is 0 Å². The summed E-state index contributed by atoms with van der Waals surface area (Å²) >= 11 is 1.47. The second-order valence-corrected chi connectivity index (χ2v) is 4.02. The molecule has 0 saturated carbocycles.